The van der Waals surface area contributed by atoms with Gasteiger partial charge < -0.3 is 10.3 Å². The van der Waals surface area contributed by atoms with E-state index in [9.17, 15) is 14.0 Å². The van der Waals surface area contributed by atoms with Crippen molar-refractivity contribution in [2.24, 2.45) is 0 Å². The smallest absolute Gasteiger partial charge is 0.272 e. The highest BCUT2D eigenvalue weighted by Gasteiger charge is 2.10. The first-order chi connectivity index (χ1) is 10.5. The second-order valence-electron chi connectivity index (χ2n) is 5.00. The van der Waals surface area contributed by atoms with Gasteiger partial charge in [0.1, 0.15) is 11.5 Å². The summed E-state index contributed by atoms with van der Waals surface area (Å²) in [6.45, 7) is 1.48. The minimum atomic E-state index is -0.360. The second-order valence-corrected chi connectivity index (χ2v) is 5.00. The van der Waals surface area contributed by atoms with Crippen molar-refractivity contribution in [2.75, 3.05) is 5.32 Å². The lowest BCUT2D eigenvalue weighted by atomic mass is 10.1. The monoisotopic (exact) mass is 296 g/mol. The number of aromatic nitrogens is 1. The van der Waals surface area contributed by atoms with Crippen LogP contribution in [0.5, 0.6) is 0 Å². The summed E-state index contributed by atoms with van der Waals surface area (Å²) in [6, 6.07) is 12.6. The number of amides is 1. The first-order valence-corrected chi connectivity index (χ1v) is 6.73. The highest BCUT2D eigenvalue weighted by molar-refractivity contribution is 6.06. The Labute approximate surface area is 126 Å². The van der Waals surface area contributed by atoms with Gasteiger partial charge in [0.2, 0.25) is 0 Å². The number of anilines is 1. The van der Waals surface area contributed by atoms with E-state index in [2.05, 4.69) is 10.3 Å². The van der Waals surface area contributed by atoms with E-state index >= 15 is 0 Å². The number of H-pyrrole nitrogens is 1. The summed E-state index contributed by atoms with van der Waals surface area (Å²) < 4.78 is 13.1. The van der Waals surface area contributed by atoms with Crippen LogP contribution < -0.4 is 5.32 Å². The van der Waals surface area contributed by atoms with Crippen LogP contribution in [0, 0.1) is 5.82 Å². The minimum Gasteiger partial charge on any atom is -0.350 e. The number of carbonyl (C=O) groups is 2. The van der Waals surface area contributed by atoms with E-state index in [0.29, 0.717) is 22.5 Å². The SMILES string of the molecule is CC(=O)c1ccc(NC(=O)c2cc3ccc(F)cc3[nH]2)cc1. The van der Waals surface area contributed by atoms with E-state index < -0.39 is 0 Å². The largest absolute Gasteiger partial charge is 0.350 e. The topological polar surface area (TPSA) is 62.0 Å². The molecule has 3 aromatic rings. The number of rotatable bonds is 3. The predicted molar refractivity (Wildman–Crippen MR) is 82.7 cm³/mol. The molecule has 0 radical (unpaired) electrons. The normalized spacial score (nSPS) is 10.6. The first kappa shape index (κ1) is 14.0. The van der Waals surface area contributed by atoms with Gasteiger partial charge in [0, 0.05) is 22.2 Å². The predicted octanol–water partition coefficient (Wildman–Crippen LogP) is 3.76. The number of benzene rings is 2. The molecule has 4 nitrogen and oxygen atoms in total. The van der Waals surface area contributed by atoms with Crippen molar-refractivity contribution in [3.63, 3.8) is 0 Å². The molecule has 5 heteroatoms. The van der Waals surface area contributed by atoms with Gasteiger partial charge in [-0.2, -0.15) is 0 Å². The summed E-state index contributed by atoms with van der Waals surface area (Å²) in [5.74, 6) is -0.719. The summed E-state index contributed by atoms with van der Waals surface area (Å²) in [6.07, 6.45) is 0. The van der Waals surface area contributed by atoms with Crippen LogP contribution in [0.15, 0.2) is 48.5 Å². The molecule has 0 bridgehead atoms. The fourth-order valence-electron chi connectivity index (χ4n) is 2.21. The maximum atomic E-state index is 13.1. The lowest BCUT2D eigenvalue weighted by molar-refractivity contribution is 0.101. The number of fused-ring (bicyclic) bond motifs is 1. The van der Waals surface area contributed by atoms with Crippen LogP contribution in [0.4, 0.5) is 10.1 Å². The zero-order chi connectivity index (χ0) is 15.7. The Hall–Kier alpha value is -2.95. The number of hydrogen-bond donors (Lipinski definition) is 2. The number of halogens is 1. The summed E-state index contributed by atoms with van der Waals surface area (Å²) in [7, 11) is 0. The van der Waals surface area contributed by atoms with Crippen LogP contribution in [0.3, 0.4) is 0 Å². The number of carbonyl (C=O) groups excluding carboxylic acids is 2. The van der Waals surface area contributed by atoms with Gasteiger partial charge in [-0.05, 0) is 55.5 Å². The Kier molecular flexibility index (Phi) is 3.47. The average molecular weight is 296 g/mol. The number of aromatic amines is 1. The van der Waals surface area contributed by atoms with E-state index in [1.54, 1.807) is 36.4 Å². The van der Waals surface area contributed by atoms with Crippen LogP contribution in [0.2, 0.25) is 0 Å². The molecule has 0 saturated carbocycles. The lowest BCUT2D eigenvalue weighted by Crippen LogP contribution is -2.12. The van der Waals surface area contributed by atoms with E-state index in [1.165, 1.54) is 19.1 Å². The molecule has 22 heavy (non-hydrogen) atoms. The second kappa shape index (κ2) is 5.44. The van der Waals surface area contributed by atoms with Gasteiger partial charge >= 0.3 is 0 Å². The lowest BCUT2D eigenvalue weighted by Gasteiger charge is -2.04. The third kappa shape index (κ3) is 2.74. The van der Waals surface area contributed by atoms with Crippen molar-refractivity contribution in [3.8, 4) is 0 Å². The zero-order valence-corrected chi connectivity index (χ0v) is 11.8. The summed E-state index contributed by atoms with van der Waals surface area (Å²) in [5.41, 5.74) is 2.08. The number of Topliss-reactive ketones (excluding diaryl/α,β-unsaturated/α-hetero) is 1. The Morgan fingerprint density at radius 1 is 1.05 bits per heavy atom. The molecule has 0 unspecified atom stereocenters. The molecule has 0 atom stereocenters. The molecule has 2 aromatic carbocycles. The minimum absolute atomic E-state index is 0.0319. The van der Waals surface area contributed by atoms with Crippen molar-refractivity contribution >= 4 is 28.3 Å². The highest BCUT2D eigenvalue weighted by atomic mass is 19.1. The molecule has 1 heterocycles. The number of ketones is 1. The van der Waals surface area contributed by atoms with E-state index in [1.807, 2.05) is 0 Å². The molecule has 0 fully saturated rings. The summed E-state index contributed by atoms with van der Waals surface area (Å²) >= 11 is 0. The molecule has 110 valence electrons. The molecule has 1 aromatic heterocycles. The molecule has 3 rings (SSSR count). The average Bonchev–Trinajstić information content (AvgIpc) is 2.91. The van der Waals surface area contributed by atoms with Crippen molar-refractivity contribution < 1.29 is 14.0 Å². The van der Waals surface area contributed by atoms with Gasteiger partial charge in [0.05, 0.1) is 0 Å². The molecule has 1 amide bonds. The Balaban J connectivity index is 1.81. The maximum absolute atomic E-state index is 13.1. The fraction of sp³-hybridized carbons (Fsp3) is 0.0588. The van der Waals surface area contributed by atoms with Crippen molar-refractivity contribution in [1.29, 1.82) is 0 Å². The van der Waals surface area contributed by atoms with E-state index in [0.717, 1.165) is 5.39 Å². The molecular formula is C17H13FN2O2. The quantitative estimate of drug-likeness (QED) is 0.723. The van der Waals surface area contributed by atoms with E-state index in [-0.39, 0.29) is 17.5 Å². The van der Waals surface area contributed by atoms with Crippen molar-refractivity contribution in [2.45, 2.75) is 6.92 Å². The number of nitrogens with one attached hydrogen (secondary N) is 2. The Bertz CT molecular complexity index is 866. The van der Waals surface area contributed by atoms with Gasteiger partial charge in [-0.15, -0.1) is 0 Å². The van der Waals surface area contributed by atoms with Crippen molar-refractivity contribution in [3.05, 3.63) is 65.6 Å². The molecule has 2 N–H and O–H groups in total. The van der Waals surface area contributed by atoms with Gasteiger partial charge in [-0.3, -0.25) is 9.59 Å². The van der Waals surface area contributed by atoms with Crippen molar-refractivity contribution in [1.82, 2.24) is 4.98 Å². The summed E-state index contributed by atoms with van der Waals surface area (Å²) in [4.78, 5) is 26.3. The van der Waals surface area contributed by atoms with Crippen LogP contribution in [0.1, 0.15) is 27.8 Å². The van der Waals surface area contributed by atoms with E-state index in [4.69, 9.17) is 0 Å². The van der Waals surface area contributed by atoms with Gasteiger partial charge in [-0.25, -0.2) is 4.39 Å². The Morgan fingerprint density at radius 2 is 1.77 bits per heavy atom. The highest BCUT2D eigenvalue weighted by Crippen LogP contribution is 2.18. The summed E-state index contributed by atoms with van der Waals surface area (Å²) in [5, 5.41) is 3.49. The van der Waals surface area contributed by atoms with Crippen LogP contribution >= 0.6 is 0 Å². The first-order valence-electron chi connectivity index (χ1n) is 6.73. The molecule has 0 aliphatic rings. The molecule has 0 spiro atoms. The standard InChI is InChI=1S/C17H13FN2O2/c1-10(21)11-3-6-14(7-4-11)19-17(22)16-8-12-2-5-13(18)9-15(12)20-16/h2-9,20H,1H3,(H,19,22). The maximum Gasteiger partial charge on any atom is 0.272 e. The zero-order valence-electron chi connectivity index (χ0n) is 11.8. The number of hydrogen-bond acceptors (Lipinski definition) is 2. The molecule has 0 aliphatic carbocycles. The van der Waals surface area contributed by atoms with Gasteiger partial charge in [0.25, 0.3) is 5.91 Å². The van der Waals surface area contributed by atoms with Crippen LogP contribution in [0.25, 0.3) is 10.9 Å². The van der Waals surface area contributed by atoms with Crippen LogP contribution in [-0.2, 0) is 0 Å². The van der Waals surface area contributed by atoms with Crippen LogP contribution in [-0.4, -0.2) is 16.7 Å². The molecular weight excluding hydrogens is 283 g/mol. The fourth-order valence-corrected chi connectivity index (χ4v) is 2.21. The molecule has 0 aliphatic heterocycles. The molecule has 0 saturated heterocycles. The van der Waals surface area contributed by atoms with Gasteiger partial charge in [-0.1, -0.05) is 0 Å². The Morgan fingerprint density at radius 3 is 2.45 bits per heavy atom. The third-order valence-electron chi connectivity index (χ3n) is 3.38. The third-order valence-corrected chi connectivity index (χ3v) is 3.38. The van der Waals surface area contributed by atoms with Gasteiger partial charge in [0.15, 0.2) is 5.78 Å².